The molecule has 0 bridgehead atoms. The van der Waals surface area contributed by atoms with Crippen LogP contribution in [0.1, 0.15) is 13.8 Å². The predicted molar refractivity (Wildman–Crippen MR) is 48.6 cm³/mol. The summed E-state index contributed by atoms with van der Waals surface area (Å²) >= 11 is 5.37. The first-order chi connectivity index (χ1) is 6.06. The molecule has 1 aliphatic heterocycles. The van der Waals surface area contributed by atoms with Crippen LogP contribution in [0.5, 0.6) is 0 Å². The van der Waals surface area contributed by atoms with E-state index < -0.39 is 5.54 Å². The molecule has 1 saturated heterocycles. The fraction of sp³-hybridized carbons (Fsp3) is 0.875. The van der Waals surface area contributed by atoms with Gasteiger partial charge in [0.15, 0.2) is 6.29 Å². The van der Waals surface area contributed by atoms with E-state index in [9.17, 15) is 4.79 Å². The minimum absolute atomic E-state index is 0.0366. The molecule has 0 unspecified atom stereocenters. The van der Waals surface area contributed by atoms with Crippen molar-refractivity contribution in [3.8, 4) is 0 Å². The summed E-state index contributed by atoms with van der Waals surface area (Å²) in [4.78, 5) is 11.0. The van der Waals surface area contributed by atoms with Gasteiger partial charge in [-0.2, -0.15) is 0 Å². The summed E-state index contributed by atoms with van der Waals surface area (Å²) in [5.74, 6) is -0.239. The predicted octanol–water partition coefficient (Wildman–Crippen LogP) is 0.493. The van der Waals surface area contributed by atoms with Gasteiger partial charge in [-0.25, -0.2) is 0 Å². The topological polar surface area (TPSA) is 47.6 Å². The van der Waals surface area contributed by atoms with Gasteiger partial charge >= 0.3 is 0 Å². The van der Waals surface area contributed by atoms with E-state index in [0.29, 0.717) is 13.2 Å². The highest BCUT2D eigenvalue weighted by Gasteiger charge is 2.32. The normalized spacial score (nSPS) is 34.2. The van der Waals surface area contributed by atoms with Crippen LogP contribution in [0.3, 0.4) is 0 Å². The SMILES string of the molecule is CC1OCC(C)(NC(=O)CCl)CO1. The monoisotopic (exact) mass is 207 g/mol. The van der Waals surface area contributed by atoms with Gasteiger partial charge in [-0.1, -0.05) is 0 Å². The summed E-state index contributed by atoms with van der Waals surface area (Å²) in [6, 6.07) is 0. The number of halogens is 1. The Labute approximate surface area is 82.5 Å². The third-order valence-electron chi connectivity index (χ3n) is 1.84. The van der Waals surface area contributed by atoms with Crippen molar-refractivity contribution in [2.24, 2.45) is 0 Å². The van der Waals surface area contributed by atoms with Crippen LogP contribution in [0.15, 0.2) is 0 Å². The zero-order chi connectivity index (χ0) is 9.90. The van der Waals surface area contributed by atoms with Crippen LogP contribution in [0, 0.1) is 0 Å². The highest BCUT2D eigenvalue weighted by Crippen LogP contribution is 2.14. The molecule has 1 heterocycles. The Bertz CT molecular complexity index is 190. The van der Waals surface area contributed by atoms with Crippen LogP contribution in [0.4, 0.5) is 0 Å². The van der Waals surface area contributed by atoms with E-state index in [2.05, 4.69) is 5.32 Å². The van der Waals surface area contributed by atoms with E-state index >= 15 is 0 Å². The Morgan fingerprint density at radius 1 is 1.62 bits per heavy atom. The maximum atomic E-state index is 11.0. The second-order valence-corrected chi connectivity index (χ2v) is 3.70. The van der Waals surface area contributed by atoms with Gasteiger partial charge in [-0.15, -0.1) is 11.6 Å². The van der Waals surface area contributed by atoms with E-state index in [1.165, 1.54) is 0 Å². The number of ether oxygens (including phenoxy) is 2. The standard InChI is InChI=1S/C8H14ClNO3/c1-6-12-4-8(2,5-13-6)10-7(11)3-9/h6H,3-5H2,1-2H3,(H,10,11). The Hall–Kier alpha value is -0.320. The molecule has 0 aromatic rings. The fourth-order valence-corrected chi connectivity index (χ4v) is 1.20. The molecule has 1 fully saturated rings. The number of rotatable bonds is 2. The molecule has 76 valence electrons. The number of hydrogen-bond acceptors (Lipinski definition) is 3. The molecule has 4 nitrogen and oxygen atoms in total. The molecule has 0 aliphatic carbocycles. The van der Waals surface area contributed by atoms with Crippen LogP contribution >= 0.6 is 11.6 Å². The zero-order valence-corrected chi connectivity index (χ0v) is 8.56. The molecule has 1 rings (SSSR count). The number of nitrogens with one attached hydrogen (secondary N) is 1. The fourth-order valence-electron chi connectivity index (χ4n) is 1.13. The van der Waals surface area contributed by atoms with Gasteiger partial charge in [0.25, 0.3) is 0 Å². The smallest absolute Gasteiger partial charge is 0.235 e. The Morgan fingerprint density at radius 2 is 2.15 bits per heavy atom. The van der Waals surface area contributed by atoms with E-state index in [4.69, 9.17) is 21.1 Å². The molecular weight excluding hydrogens is 194 g/mol. The van der Waals surface area contributed by atoms with Crippen molar-refractivity contribution in [3.63, 3.8) is 0 Å². The molecule has 1 amide bonds. The summed E-state index contributed by atoms with van der Waals surface area (Å²) in [5.41, 5.74) is -0.446. The molecule has 0 atom stereocenters. The van der Waals surface area contributed by atoms with Crippen LogP contribution in [-0.2, 0) is 14.3 Å². The van der Waals surface area contributed by atoms with Gasteiger partial charge in [0, 0.05) is 0 Å². The van der Waals surface area contributed by atoms with Crippen molar-refractivity contribution in [2.75, 3.05) is 19.1 Å². The van der Waals surface area contributed by atoms with Crippen molar-refractivity contribution in [2.45, 2.75) is 25.7 Å². The van der Waals surface area contributed by atoms with Crippen molar-refractivity contribution < 1.29 is 14.3 Å². The highest BCUT2D eigenvalue weighted by atomic mass is 35.5. The second-order valence-electron chi connectivity index (χ2n) is 3.43. The quantitative estimate of drug-likeness (QED) is 0.671. The first-order valence-electron chi connectivity index (χ1n) is 4.16. The molecule has 0 spiro atoms. The minimum Gasteiger partial charge on any atom is -0.350 e. The van der Waals surface area contributed by atoms with Gasteiger partial charge in [0.2, 0.25) is 5.91 Å². The lowest BCUT2D eigenvalue weighted by atomic mass is 10.0. The summed E-state index contributed by atoms with van der Waals surface area (Å²) < 4.78 is 10.5. The summed E-state index contributed by atoms with van der Waals surface area (Å²) in [5, 5.41) is 2.74. The number of amides is 1. The Balaban J connectivity index is 2.43. The van der Waals surface area contributed by atoms with Gasteiger partial charge in [-0.3, -0.25) is 4.79 Å². The maximum absolute atomic E-state index is 11.0. The molecular formula is C8H14ClNO3. The van der Waals surface area contributed by atoms with Crippen LogP contribution in [0.2, 0.25) is 0 Å². The summed E-state index contributed by atoms with van der Waals surface area (Å²) in [6.07, 6.45) is -0.194. The van der Waals surface area contributed by atoms with Crippen LogP contribution < -0.4 is 5.32 Å². The molecule has 0 aromatic heterocycles. The number of alkyl halides is 1. The van der Waals surface area contributed by atoms with E-state index in [1.54, 1.807) is 0 Å². The summed E-state index contributed by atoms with van der Waals surface area (Å²) in [6.45, 7) is 4.60. The van der Waals surface area contributed by atoms with Crippen molar-refractivity contribution in [1.82, 2.24) is 5.32 Å². The van der Waals surface area contributed by atoms with Crippen molar-refractivity contribution in [3.05, 3.63) is 0 Å². The van der Waals surface area contributed by atoms with Gasteiger partial charge in [-0.05, 0) is 13.8 Å². The highest BCUT2D eigenvalue weighted by molar-refractivity contribution is 6.27. The molecule has 1 aliphatic rings. The van der Waals surface area contributed by atoms with Crippen LogP contribution in [0.25, 0.3) is 0 Å². The van der Waals surface area contributed by atoms with E-state index in [0.717, 1.165) is 0 Å². The van der Waals surface area contributed by atoms with Crippen molar-refractivity contribution in [1.29, 1.82) is 0 Å². The average molecular weight is 208 g/mol. The lowest BCUT2D eigenvalue weighted by molar-refractivity contribution is -0.200. The number of hydrogen-bond donors (Lipinski definition) is 1. The lowest BCUT2D eigenvalue weighted by Gasteiger charge is -2.36. The second kappa shape index (κ2) is 4.26. The molecule has 13 heavy (non-hydrogen) atoms. The number of carbonyl (C=O) groups excluding carboxylic acids is 1. The van der Waals surface area contributed by atoms with E-state index in [-0.39, 0.29) is 18.1 Å². The van der Waals surface area contributed by atoms with Gasteiger partial charge in [0.1, 0.15) is 5.88 Å². The van der Waals surface area contributed by atoms with Gasteiger partial charge in [0.05, 0.1) is 18.8 Å². The largest absolute Gasteiger partial charge is 0.350 e. The maximum Gasteiger partial charge on any atom is 0.235 e. The minimum atomic E-state index is -0.446. The number of carbonyl (C=O) groups is 1. The van der Waals surface area contributed by atoms with Crippen LogP contribution in [-0.4, -0.2) is 36.8 Å². The average Bonchev–Trinajstić information content (AvgIpc) is 2.10. The first-order valence-corrected chi connectivity index (χ1v) is 4.69. The van der Waals surface area contributed by atoms with Gasteiger partial charge < -0.3 is 14.8 Å². The molecule has 0 aromatic carbocycles. The third kappa shape index (κ3) is 3.14. The zero-order valence-electron chi connectivity index (χ0n) is 7.80. The van der Waals surface area contributed by atoms with E-state index in [1.807, 2.05) is 13.8 Å². The molecule has 0 saturated carbocycles. The third-order valence-corrected chi connectivity index (χ3v) is 2.08. The molecule has 1 N–H and O–H groups in total. The molecule has 0 radical (unpaired) electrons. The Kier molecular flexibility index (Phi) is 3.53. The first kappa shape index (κ1) is 10.8. The lowest BCUT2D eigenvalue weighted by Crippen LogP contribution is -2.57. The summed E-state index contributed by atoms with van der Waals surface area (Å²) in [7, 11) is 0. The Morgan fingerprint density at radius 3 is 2.62 bits per heavy atom. The van der Waals surface area contributed by atoms with Crippen molar-refractivity contribution >= 4 is 17.5 Å². The molecule has 5 heteroatoms.